The molecule has 11 heteroatoms. The maximum Gasteiger partial charge on any atom is 0.322 e. The van der Waals surface area contributed by atoms with Crippen LogP contribution >= 0.6 is 0 Å². The number of benzene rings is 2. The molecule has 1 aromatic heterocycles. The third-order valence-corrected chi connectivity index (χ3v) is 6.17. The number of aromatic nitrogens is 2. The first-order valence-electron chi connectivity index (χ1n) is 8.90. The topological polar surface area (TPSA) is 124 Å². The van der Waals surface area contributed by atoms with Gasteiger partial charge in [-0.3, -0.25) is 10.1 Å². The van der Waals surface area contributed by atoms with Crippen molar-refractivity contribution in [1.82, 2.24) is 14.5 Å². The number of carbonyl (C=O) groups excluding carboxylic acids is 1. The van der Waals surface area contributed by atoms with Gasteiger partial charge in [-0.15, -0.1) is 5.10 Å². The van der Waals surface area contributed by atoms with E-state index >= 15 is 0 Å². The summed E-state index contributed by atoms with van der Waals surface area (Å²) in [5.41, 5.74) is 0.506. The lowest BCUT2D eigenvalue weighted by molar-refractivity contribution is -0.125. The van der Waals surface area contributed by atoms with E-state index in [9.17, 15) is 13.2 Å². The van der Waals surface area contributed by atoms with E-state index in [1.165, 1.54) is 26.2 Å². The second-order valence-corrected chi connectivity index (χ2v) is 8.73. The number of rotatable bonds is 5. The van der Waals surface area contributed by atoms with Gasteiger partial charge in [-0.1, -0.05) is 17.2 Å². The monoisotopic (exact) mass is 430 g/mol. The highest BCUT2D eigenvalue weighted by Crippen LogP contribution is 2.31. The number of ether oxygens (including phenoxy) is 2. The van der Waals surface area contributed by atoms with Crippen molar-refractivity contribution in [2.45, 2.75) is 11.0 Å². The van der Waals surface area contributed by atoms with Gasteiger partial charge < -0.3 is 13.9 Å². The predicted molar refractivity (Wildman–Crippen MR) is 106 cm³/mol. The first-order chi connectivity index (χ1) is 14.3. The zero-order valence-corrected chi connectivity index (χ0v) is 16.9. The maximum absolute atomic E-state index is 12.4. The molecular weight excluding hydrogens is 412 g/mol. The van der Waals surface area contributed by atoms with Crippen LogP contribution in [0.15, 0.2) is 57.8 Å². The average Bonchev–Trinajstić information content (AvgIpc) is 3.21. The van der Waals surface area contributed by atoms with Crippen LogP contribution in [0.3, 0.4) is 0 Å². The second-order valence-electron chi connectivity index (χ2n) is 6.58. The van der Waals surface area contributed by atoms with Gasteiger partial charge in [-0.2, -0.15) is 0 Å². The van der Waals surface area contributed by atoms with Crippen LogP contribution in [0.25, 0.3) is 11.5 Å². The maximum atomic E-state index is 12.4. The molecule has 0 saturated carbocycles. The summed E-state index contributed by atoms with van der Waals surface area (Å²) in [6, 6.07) is 12.9. The summed E-state index contributed by atoms with van der Waals surface area (Å²) in [6.07, 6.45) is -0.870. The van der Waals surface area contributed by atoms with E-state index in [0.29, 0.717) is 17.1 Å². The van der Waals surface area contributed by atoms with Gasteiger partial charge in [0, 0.05) is 19.7 Å². The standard InChI is InChI=1S/C19H18N4O6S/c1-23(2)30(25,26)13-9-7-12(8-10-13)18-21-22-19(29-18)20-17(24)16-11-27-14-5-3-4-6-15(14)28-16/h3-10,16H,11H2,1-2H3,(H,20,22,24). The van der Waals surface area contributed by atoms with Crippen LogP contribution in [0, 0.1) is 0 Å². The summed E-state index contributed by atoms with van der Waals surface area (Å²) < 4.78 is 42.0. The fourth-order valence-corrected chi connectivity index (χ4v) is 3.61. The Morgan fingerprint density at radius 1 is 1.07 bits per heavy atom. The molecule has 4 rings (SSSR count). The Labute approximate surface area is 172 Å². The molecule has 1 aliphatic heterocycles. The molecule has 1 atom stereocenters. The Morgan fingerprint density at radius 3 is 2.47 bits per heavy atom. The van der Waals surface area contributed by atoms with Gasteiger partial charge in [0.1, 0.15) is 6.61 Å². The zero-order chi connectivity index (χ0) is 21.3. The molecule has 1 amide bonds. The Kier molecular flexibility index (Phi) is 5.14. The van der Waals surface area contributed by atoms with Crippen LogP contribution in [0.1, 0.15) is 0 Å². The Balaban J connectivity index is 1.44. The molecule has 1 aliphatic rings. The molecule has 10 nitrogen and oxygen atoms in total. The Hall–Kier alpha value is -3.44. The highest BCUT2D eigenvalue weighted by molar-refractivity contribution is 7.89. The fourth-order valence-electron chi connectivity index (χ4n) is 2.71. The molecule has 3 aromatic rings. The van der Waals surface area contributed by atoms with Crippen LogP contribution in [0.4, 0.5) is 6.01 Å². The molecule has 1 unspecified atom stereocenters. The number of hydrogen-bond acceptors (Lipinski definition) is 8. The summed E-state index contributed by atoms with van der Waals surface area (Å²) >= 11 is 0. The SMILES string of the molecule is CN(C)S(=O)(=O)c1ccc(-c2nnc(NC(=O)C3COc4ccccc4O3)o2)cc1. The third-order valence-electron chi connectivity index (χ3n) is 4.34. The number of fused-ring (bicyclic) bond motifs is 1. The van der Waals surface area contributed by atoms with E-state index in [4.69, 9.17) is 13.9 Å². The van der Waals surface area contributed by atoms with Gasteiger partial charge in [0.2, 0.25) is 22.0 Å². The molecule has 30 heavy (non-hydrogen) atoms. The lowest BCUT2D eigenvalue weighted by Crippen LogP contribution is -2.40. The summed E-state index contributed by atoms with van der Waals surface area (Å²) in [6.45, 7) is 0.0473. The van der Waals surface area contributed by atoms with Gasteiger partial charge >= 0.3 is 6.01 Å². The normalized spacial score (nSPS) is 15.8. The number of amides is 1. The van der Waals surface area contributed by atoms with Gasteiger partial charge in [-0.05, 0) is 36.4 Å². The molecule has 0 saturated heterocycles. The van der Waals surface area contributed by atoms with Crippen molar-refractivity contribution in [1.29, 1.82) is 0 Å². The number of nitrogens with zero attached hydrogens (tertiary/aromatic N) is 3. The Bertz CT molecular complexity index is 1170. The first kappa shape index (κ1) is 19.9. The van der Waals surface area contributed by atoms with E-state index in [1.54, 1.807) is 30.3 Å². The smallest absolute Gasteiger partial charge is 0.322 e. The van der Waals surface area contributed by atoms with Gasteiger partial charge in [0.25, 0.3) is 5.91 Å². The second kappa shape index (κ2) is 7.76. The minimum Gasteiger partial charge on any atom is -0.485 e. The fraction of sp³-hybridized carbons (Fsp3) is 0.211. The Morgan fingerprint density at radius 2 is 1.77 bits per heavy atom. The van der Waals surface area contributed by atoms with Crippen molar-refractivity contribution in [2.24, 2.45) is 0 Å². The lowest BCUT2D eigenvalue weighted by Gasteiger charge is -2.24. The highest BCUT2D eigenvalue weighted by atomic mass is 32.2. The zero-order valence-electron chi connectivity index (χ0n) is 16.1. The van der Waals surface area contributed by atoms with Crippen molar-refractivity contribution in [3.8, 4) is 23.0 Å². The molecule has 2 aromatic carbocycles. The molecule has 0 fully saturated rings. The van der Waals surface area contributed by atoms with Crippen LogP contribution in [0.5, 0.6) is 11.5 Å². The number of sulfonamides is 1. The highest BCUT2D eigenvalue weighted by Gasteiger charge is 2.28. The summed E-state index contributed by atoms with van der Waals surface area (Å²) in [4.78, 5) is 12.6. The molecular formula is C19H18N4O6S. The van der Waals surface area contributed by atoms with Crippen LogP contribution in [-0.4, -0.2) is 55.6 Å². The van der Waals surface area contributed by atoms with Gasteiger partial charge in [0.15, 0.2) is 11.5 Å². The van der Waals surface area contributed by atoms with Crippen LogP contribution in [-0.2, 0) is 14.8 Å². The molecule has 0 bridgehead atoms. The minimum absolute atomic E-state index is 0.0473. The van der Waals surface area contributed by atoms with Crippen molar-refractivity contribution in [3.05, 3.63) is 48.5 Å². The lowest BCUT2D eigenvalue weighted by atomic mass is 10.2. The van der Waals surface area contributed by atoms with E-state index in [1.807, 2.05) is 6.07 Å². The molecule has 1 N–H and O–H groups in total. The summed E-state index contributed by atoms with van der Waals surface area (Å²) in [5, 5.41) is 10.2. The van der Waals surface area contributed by atoms with Crippen molar-refractivity contribution in [3.63, 3.8) is 0 Å². The minimum atomic E-state index is -3.54. The number of carbonyl (C=O) groups is 1. The summed E-state index contributed by atoms with van der Waals surface area (Å²) in [7, 11) is -0.628. The van der Waals surface area contributed by atoms with E-state index in [0.717, 1.165) is 4.31 Å². The van der Waals surface area contributed by atoms with Crippen LogP contribution < -0.4 is 14.8 Å². The molecule has 156 valence electrons. The van der Waals surface area contributed by atoms with E-state index in [-0.39, 0.29) is 23.4 Å². The number of nitrogens with one attached hydrogen (secondary N) is 1. The largest absolute Gasteiger partial charge is 0.485 e. The van der Waals surface area contributed by atoms with E-state index < -0.39 is 22.0 Å². The third kappa shape index (κ3) is 3.84. The number of hydrogen-bond donors (Lipinski definition) is 1. The van der Waals surface area contributed by atoms with E-state index in [2.05, 4.69) is 15.5 Å². The summed E-state index contributed by atoms with van der Waals surface area (Å²) in [5.74, 6) is 0.682. The molecule has 0 radical (unpaired) electrons. The first-order valence-corrected chi connectivity index (χ1v) is 10.3. The van der Waals surface area contributed by atoms with Gasteiger partial charge in [-0.25, -0.2) is 12.7 Å². The van der Waals surface area contributed by atoms with Crippen molar-refractivity contribution >= 4 is 21.9 Å². The molecule has 2 heterocycles. The van der Waals surface area contributed by atoms with Crippen molar-refractivity contribution in [2.75, 3.05) is 26.0 Å². The van der Waals surface area contributed by atoms with Crippen LogP contribution in [0.2, 0.25) is 0 Å². The molecule has 0 spiro atoms. The number of anilines is 1. The van der Waals surface area contributed by atoms with Crippen molar-refractivity contribution < 1.29 is 27.1 Å². The van der Waals surface area contributed by atoms with Gasteiger partial charge in [0.05, 0.1) is 4.90 Å². The number of para-hydroxylation sites is 2. The average molecular weight is 430 g/mol. The predicted octanol–water partition coefficient (Wildman–Crippen LogP) is 1.77. The quantitative estimate of drug-likeness (QED) is 0.649. The molecule has 0 aliphatic carbocycles.